The van der Waals surface area contributed by atoms with E-state index in [0.717, 1.165) is 16.5 Å². The van der Waals surface area contributed by atoms with Crippen LogP contribution >= 0.6 is 17.0 Å². The van der Waals surface area contributed by atoms with Crippen molar-refractivity contribution >= 4 is 27.9 Å². The van der Waals surface area contributed by atoms with Crippen LogP contribution < -0.4 is 0 Å². The van der Waals surface area contributed by atoms with Crippen LogP contribution in [0, 0.1) is 0 Å². The predicted molar refractivity (Wildman–Crippen MR) is 58.0 cm³/mol. The molecule has 0 aliphatic carbocycles. The monoisotopic (exact) mass is 239 g/mol. The lowest BCUT2D eigenvalue weighted by Crippen LogP contribution is -1.86. The third kappa shape index (κ3) is 1.87. The molecule has 2 nitrogen and oxygen atoms in total. The quantitative estimate of drug-likeness (QED) is 0.829. The molecule has 0 aliphatic heterocycles. The molecule has 0 saturated carbocycles. The van der Waals surface area contributed by atoms with E-state index in [0.29, 0.717) is 0 Å². The van der Waals surface area contributed by atoms with Gasteiger partial charge in [0.1, 0.15) is 0 Å². The molecule has 2 aromatic rings. The molecule has 0 fully saturated rings. The van der Waals surface area contributed by atoms with Crippen LogP contribution in [0.3, 0.4) is 0 Å². The average Bonchev–Trinajstić information content (AvgIpc) is 2.17. The van der Waals surface area contributed by atoms with Gasteiger partial charge in [-0.15, -0.1) is 17.0 Å². The van der Waals surface area contributed by atoms with Crippen LogP contribution in [0.2, 0.25) is 0 Å². The van der Waals surface area contributed by atoms with E-state index < -0.39 is 0 Å². The second-order valence-corrected chi connectivity index (χ2v) is 2.65. The minimum Gasteiger partial charge on any atom is -0.392 e. The van der Waals surface area contributed by atoms with Gasteiger partial charge in [0.15, 0.2) is 0 Å². The molecular weight excluding hydrogens is 230 g/mol. The van der Waals surface area contributed by atoms with Crippen LogP contribution in [0.15, 0.2) is 36.5 Å². The number of pyridine rings is 1. The summed E-state index contributed by atoms with van der Waals surface area (Å²) in [6.45, 7) is 0.0725. The zero-order valence-corrected chi connectivity index (χ0v) is 8.69. The molecule has 3 heteroatoms. The minimum absolute atomic E-state index is 0. The predicted octanol–water partition coefficient (Wildman–Crippen LogP) is 2.30. The number of hydrogen-bond acceptors (Lipinski definition) is 2. The summed E-state index contributed by atoms with van der Waals surface area (Å²) < 4.78 is 0. The van der Waals surface area contributed by atoms with Gasteiger partial charge in [-0.1, -0.05) is 18.2 Å². The molecule has 68 valence electrons. The highest BCUT2D eigenvalue weighted by atomic mass is 79.9. The fraction of sp³-hybridized carbons (Fsp3) is 0.100. The number of aliphatic hydroxyl groups is 1. The van der Waals surface area contributed by atoms with E-state index in [9.17, 15) is 0 Å². The average molecular weight is 240 g/mol. The first-order chi connectivity index (χ1) is 5.92. The van der Waals surface area contributed by atoms with Gasteiger partial charge in [0.2, 0.25) is 0 Å². The van der Waals surface area contributed by atoms with Crippen molar-refractivity contribution in [2.45, 2.75) is 6.61 Å². The molecule has 0 saturated heterocycles. The zero-order valence-electron chi connectivity index (χ0n) is 6.97. The molecule has 13 heavy (non-hydrogen) atoms. The topological polar surface area (TPSA) is 33.1 Å². The molecule has 0 aliphatic rings. The summed E-state index contributed by atoms with van der Waals surface area (Å²) in [5, 5.41) is 10.0. The number of aromatic nitrogens is 1. The van der Waals surface area contributed by atoms with Crippen LogP contribution in [-0.2, 0) is 6.61 Å². The maximum absolute atomic E-state index is 9.01. The van der Waals surface area contributed by atoms with E-state index in [2.05, 4.69) is 4.98 Å². The van der Waals surface area contributed by atoms with Crippen LogP contribution in [-0.4, -0.2) is 10.1 Å². The second kappa shape index (κ2) is 4.35. The Morgan fingerprint density at radius 3 is 2.69 bits per heavy atom. The second-order valence-electron chi connectivity index (χ2n) is 2.65. The summed E-state index contributed by atoms with van der Waals surface area (Å²) in [6, 6.07) is 9.63. The molecule has 2 rings (SSSR count). The Morgan fingerprint density at radius 2 is 1.92 bits per heavy atom. The Hall–Kier alpha value is -0.930. The van der Waals surface area contributed by atoms with Crippen LogP contribution in [0.25, 0.3) is 10.9 Å². The van der Waals surface area contributed by atoms with Crippen molar-refractivity contribution in [2.24, 2.45) is 0 Å². The number of fused-ring (bicyclic) bond motifs is 1. The van der Waals surface area contributed by atoms with Gasteiger partial charge < -0.3 is 5.11 Å². The maximum atomic E-state index is 9.01. The highest BCUT2D eigenvalue weighted by Crippen LogP contribution is 2.15. The van der Waals surface area contributed by atoms with Gasteiger partial charge in [0, 0.05) is 11.6 Å². The number of para-hydroxylation sites is 1. The lowest BCUT2D eigenvalue weighted by molar-refractivity contribution is 0.283. The molecule has 1 aromatic carbocycles. The third-order valence-corrected chi connectivity index (χ3v) is 1.91. The lowest BCUT2D eigenvalue weighted by Gasteiger charge is -2.00. The van der Waals surface area contributed by atoms with E-state index in [4.69, 9.17) is 5.11 Å². The van der Waals surface area contributed by atoms with Gasteiger partial charge in [0.05, 0.1) is 12.1 Å². The summed E-state index contributed by atoms with van der Waals surface area (Å²) >= 11 is 0. The third-order valence-electron chi connectivity index (χ3n) is 1.91. The number of rotatable bonds is 1. The van der Waals surface area contributed by atoms with Gasteiger partial charge in [-0.2, -0.15) is 0 Å². The first-order valence-corrected chi connectivity index (χ1v) is 3.85. The van der Waals surface area contributed by atoms with E-state index >= 15 is 0 Å². The fourth-order valence-corrected chi connectivity index (χ4v) is 1.29. The number of nitrogens with zero attached hydrogens (tertiary/aromatic N) is 1. The summed E-state index contributed by atoms with van der Waals surface area (Å²) in [4.78, 5) is 4.18. The van der Waals surface area contributed by atoms with Gasteiger partial charge >= 0.3 is 0 Å². The summed E-state index contributed by atoms with van der Waals surface area (Å²) in [7, 11) is 0. The summed E-state index contributed by atoms with van der Waals surface area (Å²) in [5.74, 6) is 0. The van der Waals surface area contributed by atoms with Crippen molar-refractivity contribution in [3.05, 3.63) is 42.1 Å². The van der Waals surface area contributed by atoms with Crippen molar-refractivity contribution in [1.29, 1.82) is 0 Å². The van der Waals surface area contributed by atoms with Gasteiger partial charge in [-0.05, 0) is 17.7 Å². The highest BCUT2D eigenvalue weighted by molar-refractivity contribution is 8.93. The molecular formula is C10H10BrNO. The number of benzene rings is 1. The molecule has 0 atom stereocenters. The van der Waals surface area contributed by atoms with Crippen LogP contribution in [0.1, 0.15) is 5.56 Å². The maximum Gasteiger partial charge on any atom is 0.0705 e. The smallest absolute Gasteiger partial charge is 0.0705 e. The molecule has 1 heterocycles. The fourth-order valence-electron chi connectivity index (χ4n) is 1.29. The first kappa shape index (κ1) is 10.2. The van der Waals surface area contributed by atoms with Crippen molar-refractivity contribution in [1.82, 2.24) is 4.98 Å². The van der Waals surface area contributed by atoms with Gasteiger partial charge in [-0.25, -0.2) is 0 Å². The molecule has 0 amide bonds. The van der Waals surface area contributed by atoms with E-state index in [1.165, 1.54) is 0 Å². The molecule has 1 aromatic heterocycles. The summed E-state index contributed by atoms with van der Waals surface area (Å²) in [5.41, 5.74) is 1.87. The Morgan fingerprint density at radius 1 is 1.15 bits per heavy atom. The molecule has 1 N–H and O–H groups in total. The Balaban J connectivity index is 0.000000845. The number of halogens is 1. The zero-order chi connectivity index (χ0) is 8.39. The van der Waals surface area contributed by atoms with E-state index in [1.54, 1.807) is 6.20 Å². The Labute approximate surface area is 87.0 Å². The van der Waals surface area contributed by atoms with Gasteiger partial charge in [0.25, 0.3) is 0 Å². The first-order valence-electron chi connectivity index (χ1n) is 3.85. The number of aliphatic hydroxyl groups excluding tert-OH is 1. The highest BCUT2D eigenvalue weighted by Gasteiger charge is 1.97. The van der Waals surface area contributed by atoms with Crippen molar-refractivity contribution in [3.63, 3.8) is 0 Å². The van der Waals surface area contributed by atoms with Crippen LogP contribution in [0.4, 0.5) is 0 Å². The molecule has 0 spiro atoms. The SMILES string of the molecule is Br.OCc1ccnc2ccccc12. The molecule has 0 radical (unpaired) electrons. The Bertz CT molecular complexity index is 398. The van der Waals surface area contributed by atoms with Crippen molar-refractivity contribution in [2.75, 3.05) is 0 Å². The molecule has 0 bridgehead atoms. The Kier molecular flexibility index (Phi) is 3.39. The van der Waals surface area contributed by atoms with Gasteiger partial charge in [-0.3, -0.25) is 4.98 Å². The number of hydrogen-bond donors (Lipinski definition) is 1. The van der Waals surface area contributed by atoms with Crippen molar-refractivity contribution < 1.29 is 5.11 Å². The normalized spacial score (nSPS) is 9.62. The molecule has 0 unspecified atom stereocenters. The van der Waals surface area contributed by atoms with E-state index in [-0.39, 0.29) is 23.6 Å². The lowest BCUT2D eigenvalue weighted by atomic mass is 10.1. The summed E-state index contributed by atoms with van der Waals surface area (Å²) in [6.07, 6.45) is 1.72. The largest absolute Gasteiger partial charge is 0.392 e. The van der Waals surface area contributed by atoms with Crippen LogP contribution in [0.5, 0.6) is 0 Å². The standard InChI is InChI=1S/C10H9NO.BrH/c12-7-8-5-6-11-10-4-2-1-3-9(8)10;/h1-6,12H,7H2;1H. The van der Waals surface area contributed by atoms with E-state index in [1.807, 2.05) is 30.3 Å². The van der Waals surface area contributed by atoms with Crippen molar-refractivity contribution in [3.8, 4) is 0 Å². The minimum atomic E-state index is 0.